The van der Waals surface area contributed by atoms with Gasteiger partial charge in [-0.15, -0.1) is 0 Å². The van der Waals surface area contributed by atoms with Crippen LogP contribution >= 0.6 is 0 Å². The molecule has 2 aromatic rings. The first-order valence-electron chi connectivity index (χ1n) is 7.82. The standard InChI is InChI=1S/C17H18F3N3O3/c1-11-9-14(24)23-13(22-11)7-8-21-15(25)10-26-16(17(18,19)20)12-5-3-2-4-6-12/h2-6,9,16H,7-8,10H2,1H3,(H,21,25)(H,22,23,24). The quantitative estimate of drug-likeness (QED) is 0.783. The Morgan fingerprint density at radius 1 is 1.31 bits per heavy atom. The van der Waals surface area contributed by atoms with E-state index in [1.807, 2.05) is 0 Å². The molecule has 1 amide bonds. The highest BCUT2D eigenvalue weighted by Crippen LogP contribution is 2.35. The molecule has 0 aliphatic heterocycles. The summed E-state index contributed by atoms with van der Waals surface area (Å²) in [5, 5.41) is 2.44. The van der Waals surface area contributed by atoms with Crippen molar-refractivity contribution in [1.29, 1.82) is 0 Å². The molecule has 0 fully saturated rings. The maximum Gasteiger partial charge on any atom is 0.418 e. The van der Waals surface area contributed by atoms with Gasteiger partial charge in [0.2, 0.25) is 5.91 Å². The van der Waals surface area contributed by atoms with Crippen molar-refractivity contribution >= 4 is 5.91 Å². The Hall–Kier alpha value is -2.68. The highest BCUT2D eigenvalue weighted by molar-refractivity contribution is 5.77. The fourth-order valence-corrected chi connectivity index (χ4v) is 2.30. The summed E-state index contributed by atoms with van der Waals surface area (Å²) >= 11 is 0. The van der Waals surface area contributed by atoms with E-state index in [0.717, 1.165) is 0 Å². The van der Waals surface area contributed by atoms with E-state index in [0.29, 0.717) is 11.5 Å². The SMILES string of the molecule is Cc1cc(=O)[nH]c(CCNC(=O)COC(c2ccccc2)C(F)(F)F)n1. The normalized spacial score (nSPS) is 12.6. The van der Waals surface area contributed by atoms with Gasteiger partial charge in [-0.05, 0) is 12.5 Å². The average Bonchev–Trinajstić information content (AvgIpc) is 2.54. The van der Waals surface area contributed by atoms with E-state index in [-0.39, 0.29) is 24.1 Å². The molecule has 140 valence electrons. The van der Waals surface area contributed by atoms with Crippen LogP contribution in [-0.4, -0.2) is 35.2 Å². The highest BCUT2D eigenvalue weighted by Gasteiger charge is 2.42. The second-order valence-electron chi connectivity index (χ2n) is 5.58. The lowest BCUT2D eigenvalue weighted by molar-refractivity contribution is -0.223. The largest absolute Gasteiger partial charge is 0.418 e. The molecule has 0 radical (unpaired) electrons. The predicted octanol–water partition coefficient (Wildman–Crippen LogP) is 2.06. The minimum Gasteiger partial charge on any atom is -0.354 e. The van der Waals surface area contributed by atoms with Crippen molar-refractivity contribution < 1.29 is 22.7 Å². The number of rotatable bonds is 7. The molecule has 0 saturated heterocycles. The molecule has 9 heteroatoms. The Bertz CT molecular complexity index is 791. The fourth-order valence-electron chi connectivity index (χ4n) is 2.30. The third-order valence-electron chi connectivity index (χ3n) is 3.38. The number of aromatic amines is 1. The van der Waals surface area contributed by atoms with Crippen molar-refractivity contribution in [2.45, 2.75) is 25.6 Å². The third-order valence-corrected chi connectivity index (χ3v) is 3.38. The van der Waals surface area contributed by atoms with Crippen LogP contribution in [0.2, 0.25) is 0 Å². The number of aromatic nitrogens is 2. The Morgan fingerprint density at radius 3 is 2.62 bits per heavy atom. The number of nitrogens with zero attached hydrogens (tertiary/aromatic N) is 1. The molecule has 1 heterocycles. The molecule has 1 aromatic carbocycles. The minimum absolute atomic E-state index is 0.0747. The zero-order valence-electron chi connectivity index (χ0n) is 14.0. The maximum absolute atomic E-state index is 13.1. The van der Waals surface area contributed by atoms with Gasteiger partial charge in [-0.1, -0.05) is 30.3 Å². The number of benzene rings is 1. The number of hydrogen-bond donors (Lipinski definition) is 2. The van der Waals surface area contributed by atoms with Crippen molar-refractivity contribution in [3.63, 3.8) is 0 Å². The summed E-state index contributed by atoms with van der Waals surface area (Å²) < 4.78 is 44.1. The molecule has 2 N–H and O–H groups in total. The highest BCUT2D eigenvalue weighted by atomic mass is 19.4. The molecule has 0 aliphatic carbocycles. The molecule has 6 nitrogen and oxygen atoms in total. The molecule has 0 aliphatic rings. The topological polar surface area (TPSA) is 84.1 Å². The molecule has 1 aromatic heterocycles. The monoisotopic (exact) mass is 369 g/mol. The van der Waals surface area contributed by atoms with E-state index in [2.05, 4.69) is 15.3 Å². The van der Waals surface area contributed by atoms with Crippen LogP contribution < -0.4 is 10.9 Å². The smallest absolute Gasteiger partial charge is 0.354 e. The maximum atomic E-state index is 13.1. The van der Waals surface area contributed by atoms with Crippen LogP contribution in [0.25, 0.3) is 0 Å². The number of H-pyrrole nitrogens is 1. The van der Waals surface area contributed by atoms with Gasteiger partial charge in [0.05, 0.1) is 0 Å². The first-order valence-corrected chi connectivity index (χ1v) is 7.82. The molecule has 0 saturated carbocycles. The van der Waals surface area contributed by atoms with E-state index in [9.17, 15) is 22.8 Å². The number of ether oxygens (including phenoxy) is 1. The van der Waals surface area contributed by atoms with Crippen molar-refractivity contribution in [3.05, 3.63) is 63.8 Å². The van der Waals surface area contributed by atoms with Gasteiger partial charge in [-0.3, -0.25) is 9.59 Å². The van der Waals surface area contributed by atoms with Crippen LogP contribution in [0.4, 0.5) is 13.2 Å². The number of aryl methyl sites for hydroxylation is 1. The number of carbonyl (C=O) groups is 1. The van der Waals surface area contributed by atoms with Gasteiger partial charge in [0.15, 0.2) is 6.10 Å². The zero-order valence-corrected chi connectivity index (χ0v) is 14.0. The number of halogens is 3. The van der Waals surface area contributed by atoms with Gasteiger partial charge in [0, 0.05) is 24.7 Å². The van der Waals surface area contributed by atoms with Gasteiger partial charge in [-0.2, -0.15) is 13.2 Å². The Kier molecular flexibility index (Phi) is 6.51. The Labute approximate surface area is 147 Å². The zero-order chi connectivity index (χ0) is 19.2. The van der Waals surface area contributed by atoms with E-state index in [4.69, 9.17) is 4.74 Å². The Morgan fingerprint density at radius 2 is 2.00 bits per heavy atom. The van der Waals surface area contributed by atoms with Gasteiger partial charge < -0.3 is 15.0 Å². The minimum atomic E-state index is -4.63. The second kappa shape index (κ2) is 8.61. The van der Waals surface area contributed by atoms with Gasteiger partial charge >= 0.3 is 6.18 Å². The average molecular weight is 369 g/mol. The lowest BCUT2D eigenvalue weighted by atomic mass is 10.1. The van der Waals surface area contributed by atoms with Crippen molar-refractivity contribution in [2.75, 3.05) is 13.2 Å². The molecule has 0 bridgehead atoms. The summed E-state index contributed by atoms with van der Waals surface area (Å²) in [6.45, 7) is 1.03. The van der Waals surface area contributed by atoms with E-state index in [1.54, 1.807) is 13.0 Å². The number of alkyl halides is 3. The number of hydrogen-bond acceptors (Lipinski definition) is 4. The van der Waals surface area contributed by atoms with E-state index >= 15 is 0 Å². The van der Waals surface area contributed by atoms with Crippen LogP contribution in [0.3, 0.4) is 0 Å². The Balaban J connectivity index is 1.85. The molecule has 2 rings (SSSR count). The second-order valence-corrected chi connectivity index (χ2v) is 5.58. The summed E-state index contributed by atoms with van der Waals surface area (Å²) in [6, 6.07) is 8.43. The molecule has 26 heavy (non-hydrogen) atoms. The van der Waals surface area contributed by atoms with Crippen LogP contribution in [0, 0.1) is 6.92 Å². The molecule has 0 spiro atoms. The van der Waals surface area contributed by atoms with Crippen molar-refractivity contribution in [1.82, 2.24) is 15.3 Å². The summed E-state index contributed by atoms with van der Waals surface area (Å²) in [4.78, 5) is 29.6. The van der Waals surface area contributed by atoms with Crippen LogP contribution in [0.15, 0.2) is 41.2 Å². The summed E-state index contributed by atoms with van der Waals surface area (Å²) in [7, 11) is 0. The van der Waals surface area contributed by atoms with Crippen molar-refractivity contribution in [3.8, 4) is 0 Å². The van der Waals surface area contributed by atoms with Gasteiger partial charge in [0.1, 0.15) is 12.4 Å². The van der Waals surface area contributed by atoms with E-state index < -0.39 is 24.8 Å². The van der Waals surface area contributed by atoms with Crippen LogP contribution in [-0.2, 0) is 16.0 Å². The summed E-state index contributed by atoms with van der Waals surface area (Å²) in [6.07, 6.45) is -6.57. The number of nitrogens with one attached hydrogen (secondary N) is 2. The fraction of sp³-hybridized carbons (Fsp3) is 0.353. The molecular weight excluding hydrogens is 351 g/mol. The lowest BCUT2D eigenvalue weighted by Crippen LogP contribution is -2.33. The van der Waals surface area contributed by atoms with E-state index in [1.165, 1.54) is 30.3 Å². The first kappa shape index (κ1) is 19.6. The molecule has 1 unspecified atom stereocenters. The van der Waals surface area contributed by atoms with Gasteiger partial charge in [0.25, 0.3) is 5.56 Å². The van der Waals surface area contributed by atoms with Crippen LogP contribution in [0.5, 0.6) is 0 Å². The summed E-state index contributed by atoms with van der Waals surface area (Å²) in [5.74, 6) is -0.307. The summed E-state index contributed by atoms with van der Waals surface area (Å²) in [5.41, 5.74) is 0.154. The molecule has 1 atom stereocenters. The first-order chi connectivity index (χ1) is 12.3. The van der Waals surface area contributed by atoms with Crippen LogP contribution in [0.1, 0.15) is 23.2 Å². The lowest BCUT2D eigenvalue weighted by Gasteiger charge is -2.21. The molecular formula is C17H18F3N3O3. The predicted molar refractivity (Wildman–Crippen MR) is 87.5 cm³/mol. The number of amides is 1. The third kappa shape index (κ3) is 5.99. The van der Waals surface area contributed by atoms with Crippen molar-refractivity contribution in [2.24, 2.45) is 0 Å². The number of carbonyl (C=O) groups excluding carboxylic acids is 1. The van der Waals surface area contributed by atoms with Gasteiger partial charge in [-0.25, -0.2) is 4.98 Å².